The zero-order valence-electron chi connectivity index (χ0n) is 23.0. The molecule has 1 amide bonds. The van der Waals surface area contributed by atoms with E-state index in [1.807, 2.05) is 31.5 Å². The molecular formula is C31H42N6O. The van der Waals surface area contributed by atoms with Crippen LogP contribution in [0.3, 0.4) is 0 Å². The number of piperazine rings is 1. The normalized spacial score (nSPS) is 17.4. The Morgan fingerprint density at radius 2 is 1.66 bits per heavy atom. The van der Waals surface area contributed by atoms with E-state index in [-0.39, 0.29) is 5.91 Å². The van der Waals surface area contributed by atoms with Crippen LogP contribution in [0.2, 0.25) is 0 Å². The third-order valence-electron chi connectivity index (χ3n) is 7.35. The van der Waals surface area contributed by atoms with Gasteiger partial charge in [-0.05, 0) is 94.2 Å². The predicted molar refractivity (Wildman–Crippen MR) is 159 cm³/mol. The van der Waals surface area contributed by atoms with Crippen LogP contribution in [-0.2, 0) is 4.79 Å². The molecule has 2 aliphatic heterocycles. The highest BCUT2D eigenvalue weighted by atomic mass is 16.1. The molecule has 0 radical (unpaired) electrons. The first-order chi connectivity index (χ1) is 18.5. The average Bonchev–Trinajstić information content (AvgIpc) is 2.94. The number of amides is 1. The van der Waals surface area contributed by atoms with Crippen molar-refractivity contribution in [1.29, 1.82) is 0 Å². The lowest BCUT2D eigenvalue weighted by Crippen LogP contribution is -2.45. The lowest BCUT2D eigenvalue weighted by molar-refractivity contribution is -0.116. The van der Waals surface area contributed by atoms with E-state index in [0.29, 0.717) is 6.42 Å². The Morgan fingerprint density at radius 3 is 2.34 bits per heavy atom. The minimum atomic E-state index is 0.0881. The summed E-state index contributed by atoms with van der Waals surface area (Å²) in [7, 11) is 0. The van der Waals surface area contributed by atoms with Gasteiger partial charge >= 0.3 is 0 Å². The highest BCUT2D eigenvalue weighted by Crippen LogP contribution is 2.20. The highest BCUT2D eigenvalue weighted by molar-refractivity contribution is 5.99. The number of aliphatic imine (C=N–C) groups is 1. The van der Waals surface area contributed by atoms with Crippen molar-refractivity contribution in [3.63, 3.8) is 0 Å². The predicted octanol–water partition coefficient (Wildman–Crippen LogP) is 5.44. The maximum atomic E-state index is 12.4. The molecule has 0 saturated carbocycles. The van der Waals surface area contributed by atoms with Crippen LogP contribution in [0.5, 0.6) is 0 Å². The molecule has 0 atom stereocenters. The molecule has 2 aliphatic rings. The number of carbonyl (C=O) groups excluding carboxylic acids is 1. The molecule has 3 heterocycles. The molecule has 0 aliphatic carbocycles. The molecule has 1 aromatic carbocycles. The second-order valence-electron chi connectivity index (χ2n) is 10.3. The quantitative estimate of drug-likeness (QED) is 0.428. The van der Waals surface area contributed by atoms with E-state index in [9.17, 15) is 4.79 Å². The molecule has 1 aromatic heterocycles. The SMILES string of the molecule is C=C(/N=C(C)/C=C(\C)c1ccc(NC(=O)CCCN2CCCCC2)cc1)N1CCN(c2ccncc2)CC1. The number of likely N-dealkylation sites (tertiary alicyclic amines) is 1. The van der Waals surface area contributed by atoms with Crippen LogP contribution in [0.4, 0.5) is 11.4 Å². The Morgan fingerprint density at radius 1 is 0.974 bits per heavy atom. The first-order valence-electron chi connectivity index (χ1n) is 13.9. The number of rotatable bonds is 10. The lowest BCUT2D eigenvalue weighted by Gasteiger charge is -2.37. The van der Waals surface area contributed by atoms with E-state index in [1.165, 1.54) is 38.0 Å². The van der Waals surface area contributed by atoms with E-state index in [1.54, 1.807) is 0 Å². The van der Waals surface area contributed by atoms with Crippen molar-refractivity contribution in [3.8, 4) is 0 Å². The van der Waals surface area contributed by atoms with Crippen LogP contribution in [0.1, 0.15) is 51.5 Å². The minimum Gasteiger partial charge on any atom is -0.368 e. The van der Waals surface area contributed by atoms with Crippen LogP contribution < -0.4 is 10.2 Å². The first-order valence-corrected chi connectivity index (χ1v) is 13.9. The van der Waals surface area contributed by atoms with Gasteiger partial charge in [0.25, 0.3) is 0 Å². The number of carbonyl (C=O) groups is 1. The third-order valence-corrected chi connectivity index (χ3v) is 7.35. The van der Waals surface area contributed by atoms with Gasteiger partial charge in [0, 0.05) is 62.1 Å². The van der Waals surface area contributed by atoms with Gasteiger partial charge in [-0.1, -0.05) is 25.1 Å². The van der Waals surface area contributed by atoms with Gasteiger partial charge in [0.1, 0.15) is 5.82 Å². The van der Waals surface area contributed by atoms with Crippen LogP contribution >= 0.6 is 0 Å². The first kappa shape index (κ1) is 27.6. The molecule has 38 heavy (non-hydrogen) atoms. The summed E-state index contributed by atoms with van der Waals surface area (Å²) in [5.41, 5.74) is 5.21. The second-order valence-corrected chi connectivity index (χ2v) is 10.3. The van der Waals surface area contributed by atoms with Crippen molar-refractivity contribution in [2.45, 2.75) is 46.0 Å². The number of anilines is 2. The van der Waals surface area contributed by atoms with Gasteiger partial charge in [-0.25, -0.2) is 4.99 Å². The van der Waals surface area contributed by atoms with Crippen LogP contribution in [0.25, 0.3) is 5.57 Å². The highest BCUT2D eigenvalue weighted by Gasteiger charge is 2.18. The fourth-order valence-electron chi connectivity index (χ4n) is 5.17. The van der Waals surface area contributed by atoms with Gasteiger partial charge in [-0.2, -0.15) is 0 Å². The smallest absolute Gasteiger partial charge is 0.224 e. The number of nitrogens with zero attached hydrogens (tertiary/aromatic N) is 5. The van der Waals surface area contributed by atoms with E-state index < -0.39 is 0 Å². The van der Waals surface area contributed by atoms with Gasteiger partial charge in [0.15, 0.2) is 0 Å². The van der Waals surface area contributed by atoms with Crippen molar-refractivity contribution in [2.24, 2.45) is 4.99 Å². The number of nitrogens with one attached hydrogen (secondary N) is 1. The molecule has 202 valence electrons. The standard InChI is InChI=1S/C31H42N6O/c1-25(24-26(2)33-27(3)36-20-22-37(23-21-36)30-13-15-32-16-14-30)28-9-11-29(12-10-28)34-31(38)8-7-19-35-17-5-4-6-18-35/h9-16,24H,3-8,17-23H2,1-2H3,(H,34,38)/b25-24+,33-26+. The Bertz CT molecular complexity index is 1110. The maximum Gasteiger partial charge on any atom is 0.224 e. The Balaban J connectivity index is 1.22. The number of allylic oxidation sites excluding steroid dienone is 2. The molecule has 0 bridgehead atoms. The van der Waals surface area contributed by atoms with Crippen molar-refractivity contribution >= 4 is 28.6 Å². The van der Waals surface area contributed by atoms with Crippen molar-refractivity contribution in [3.05, 3.63) is 72.8 Å². The molecule has 2 saturated heterocycles. The monoisotopic (exact) mass is 514 g/mol. The van der Waals surface area contributed by atoms with E-state index >= 15 is 0 Å². The summed E-state index contributed by atoms with van der Waals surface area (Å²) in [5.74, 6) is 0.893. The van der Waals surface area contributed by atoms with Gasteiger partial charge in [-0.3, -0.25) is 9.78 Å². The molecule has 0 spiro atoms. The average molecular weight is 515 g/mol. The fourth-order valence-corrected chi connectivity index (χ4v) is 5.17. The minimum absolute atomic E-state index is 0.0881. The summed E-state index contributed by atoms with van der Waals surface area (Å²) in [5, 5.41) is 3.04. The fraction of sp³-hybridized carbons (Fsp3) is 0.452. The van der Waals surface area contributed by atoms with E-state index in [2.05, 4.69) is 68.8 Å². The van der Waals surface area contributed by atoms with Gasteiger partial charge in [0.05, 0.1) is 0 Å². The molecular weight excluding hydrogens is 472 g/mol. The summed E-state index contributed by atoms with van der Waals surface area (Å²) in [6.45, 7) is 15.4. The van der Waals surface area contributed by atoms with Crippen molar-refractivity contribution in [2.75, 3.05) is 56.0 Å². The summed E-state index contributed by atoms with van der Waals surface area (Å²) in [6.07, 6.45) is 11.2. The van der Waals surface area contributed by atoms with Crippen LogP contribution in [-0.4, -0.2) is 72.2 Å². The topological polar surface area (TPSA) is 64.1 Å². The number of piperidine rings is 1. The summed E-state index contributed by atoms with van der Waals surface area (Å²) in [6, 6.07) is 12.2. The Labute approximate surface area is 228 Å². The number of hydrogen-bond acceptors (Lipinski definition) is 6. The van der Waals surface area contributed by atoms with E-state index in [4.69, 9.17) is 4.99 Å². The number of benzene rings is 1. The number of aromatic nitrogens is 1. The van der Waals surface area contributed by atoms with E-state index in [0.717, 1.165) is 67.5 Å². The molecule has 2 aromatic rings. The van der Waals surface area contributed by atoms with Gasteiger partial charge in [-0.15, -0.1) is 0 Å². The molecule has 1 N–H and O–H groups in total. The Hall–Kier alpha value is -3.45. The number of hydrogen-bond donors (Lipinski definition) is 1. The van der Waals surface area contributed by atoms with Gasteiger partial charge in [0.2, 0.25) is 5.91 Å². The molecule has 7 heteroatoms. The second kappa shape index (κ2) is 13.9. The molecule has 7 nitrogen and oxygen atoms in total. The summed E-state index contributed by atoms with van der Waals surface area (Å²) < 4.78 is 0. The maximum absolute atomic E-state index is 12.4. The summed E-state index contributed by atoms with van der Waals surface area (Å²) in [4.78, 5) is 28.3. The lowest BCUT2D eigenvalue weighted by atomic mass is 10.1. The van der Waals surface area contributed by atoms with Crippen LogP contribution in [0, 0.1) is 0 Å². The van der Waals surface area contributed by atoms with Crippen molar-refractivity contribution in [1.82, 2.24) is 14.8 Å². The molecule has 0 unspecified atom stereocenters. The largest absolute Gasteiger partial charge is 0.368 e. The Kier molecular flexibility index (Phi) is 10.1. The molecule has 2 fully saturated rings. The number of pyridine rings is 1. The molecule has 4 rings (SSSR count). The zero-order valence-corrected chi connectivity index (χ0v) is 23.0. The zero-order chi connectivity index (χ0) is 26.7. The van der Waals surface area contributed by atoms with Gasteiger partial charge < -0.3 is 20.0 Å². The third kappa shape index (κ3) is 8.28. The van der Waals surface area contributed by atoms with Crippen LogP contribution in [0.15, 0.2) is 72.3 Å². The van der Waals surface area contributed by atoms with Crippen molar-refractivity contribution < 1.29 is 4.79 Å². The summed E-state index contributed by atoms with van der Waals surface area (Å²) >= 11 is 0.